The Kier molecular flexibility index (Phi) is 15.5. The molecule has 22 nitrogen and oxygen atoms in total. The molecule has 8 atom stereocenters. The summed E-state index contributed by atoms with van der Waals surface area (Å²) in [7, 11) is 2.66. The van der Waals surface area contributed by atoms with Gasteiger partial charge in [-0.15, -0.1) is 0 Å². The van der Waals surface area contributed by atoms with Gasteiger partial charge in [0.15, 0.2) is 36.1 Å². The van der Waals surface area contributed by atoms with Gasteiger partial charge in [-0.25, -0.2) is 0 Å². The van der Waals surface area contributed by atoms with Crippen LogP contribution >= 0.6 is 0 Å². The van der Waals surface area contributed by atoms with Crippen molar-refractivity contribution in [2.45, 2.75) is 97.2 Å². The Morgan fingerprint density at radius 3 is 1.89 bits per heavy atom. The lowest BCUT2D eigenvalue weighted by molar-refractivity contribution is -0.297. The fourth-order valence-corrected chi connectivity index (χ4v) is 6.99. The van der Waals surface area contributed by atoms with Crippen LogP contribution in [-0.4, -0.2) is 125 Å². The van der Waals surface area contributed by atoms with Gasteiger partial charge in [0.2, 0.25) is 29.2 Å². The van der Waals surface area contributed by atoms with Crippen molar-refractivity contribution in [1.29, 1.82) is 0 Å². The number of carbonyl (C=O) groups excluding carboxylic acids is 7. The fourth-order valence-electron chi connectivity index (χ4n) is 6.99. The first-order chi connectivity index (χ1) is 30.3. The Balaban J connectivity index is 1.49. The van der Waals surface area contributed by atoms with Gasteiger partial charge in [0.1, 0.15) is 35.7 Å². The highest BCUT2D eigenvalue weighted by Gasteiger charge is 2.58. The molecule has 0 saturated carbocycles. The van der Waals surface area contributed by atoms with E-state index >= 15 is 0 Å². The summed E-state index contributed by atoms with van der Waals surface area (Å²) in [5.41, 5.74) is -2.07. The lowest BCUT2D eigenvalue weighted by Crippen LogP contribution is -2.63. The third-order valence-corrected chi connectivity index (χ3v) is 9.37. The molecule has 22 heteroatoms. The molecule has 2 aliphatic rings. The molecule has 0 radical (unpaired) electrons. The van der Waals surface area contributed by atoms with Crippen molar-refractivity contribution in [3.05, 3.63) is 46.8 Å². The van der Waals surface area contributed by atoms with E-state index in [1.165, 1.54) is 50.8 Å². The van der Waals surface area contributed by atoms with Crippen LogP contribution in [0.4, 0.5) is 0 Å². The Morgan fingerprint density at radius 1 is 0.703 bits per heavy atom. The van der Waals surface area contributed by atoms with E-state index in [1.54, 1.807) is 0 Å². The Morgan fingerprint density at radius 2 is 1.33 bits per heavy atom. The van der Waals surface area contributed by atoms with E-state index in [4.69, 9.17) is 66.0 Å². The summed E-state index contributed by atoms with van der Waals surface area (Å²) in [5, 5.41) is -0.110. The van der Waals surface area contributed by atoms with Crippen LogP contribution in [0.2, 0.25) is 0 Å². The molecule has 0 N–H and O–H groups in total. The number of methoxy groups -OCH3 is 2. The van der Waals surface area contributed by atoms with Crippen molar-refractivity contribution >= 4 is 52.8 Å². The average molecular weight is 903 g/mol. The number of esters is 7. The first kappa shape index (κ1) is 48.3. The number of hydrogen-bond donors (Lipinski definition) is 0. The topological polar surface area (TPSA) is 270 Å². The van der Waals surface area contributed by atoms with Gasteiger partial charge in [0, 0.05) is 54.5 Å². The van der Waals surface area contributed by atoms with Gasteiger partial charge >= 0.3 is 41.8 Å². The summed E-state index contributed by atoms with van der Waals surface area (Å²) in [6.07, 6.45) is -9.60. The number of benzene rings is 2. The Bertz CT molecular complexity index is 2320. The molecule has 3 heterocycles. The maximum atomic E-state index is 14.0. The summed E-state index contributed by atoms with van der Waals surface area (Å²) >= 11 is 0. The molecule has 0 spiro atoms. The predicted octanol–water partition coefficient (Wildman–Crippen LogP) is 2.47. The molecule has 1 aromatic heterocycles. The van der Waals surface area contributed by atoms with E-state index in [-0.39, 0.29) is 39.5 Å². The highest BCUT2D eigenvalue weighted by molar-refractivity contribution is 5.93. The molecule has 0 aliphatic carbocycles. The van der Waals surface area contributed by atoms with Crippen LogP contribution in [0.15, 0.2) is 45.8 Å². The van der Waals surface area contributed by atoms with Crippen LogP contribution in [0.1, 0.15) is 48.5 Å². The summed E-state index contributed by atoms with van der Waals surface area (Å²) in [4.78, 5) is 99.7. The highest BCUT2D eigenvalue weighted by Crippen LogP contribution is 2.43. The molecule has 2 saturated heterocycles. The van der Waals surface area contributed by atoms with Crippen LogP contribution in [0.25, 0.3) is 22.1 Å². The predicted molar refractivity (Wildman–Crippen MR) is 211 cm³/mol. The maximum absolute atomic E-state index is 14.0. The van der Waals surface area contributed by atoms with Gasteiger partial charge in [0.25, 0.3) is 0 Å². The number of rotatable bonds is 16. The third-order valence-electron chi connectivity index (χ3n) is 9.37. The summed E-state index contributed by atoms with van der Waals surface area (Å²) in [5.74, 6) is -5.81. The van der Waals surface area contributed by atoms with Crippen LogP contribution in [-0.2, 0) is 76.2 Å². The third kappa shape index (κ3) is 11.2. The second-order valence-electron chi connectivity index (χ2n) is 14.3. The zero-order chi connectivity index (χ0) is 47.0. The smallest absolute Gasteiger partial charge is 0.308 e. The minimum absolute atomic E-state index is 0.0192. The van der Waals surface area contributed by atoms with E-state index in [2.05, 4.69) is 0 Å². The van der Waals surface area contributed by atoms with Crippen LogP contribution in [0, 0.1) is 0 Å². The lowest BCUT2D eigenvalue weighted by atomic mass is 9.97. The van der Waals surface area contributed by atoms with Gasteiger partial charge in [0.05, 0.1) is 33.0 Å². The molecule has 2 fully saturated rings. The normalized spacial score (nSPS) is 23.8. The van der Waals surface area contributed by atoms with Crippen molar-refractivity contribution in [3.63, 3.8) is 0 Å². The van der Waals surface area contributed by atoms with E-state index < -0.39 is 116 Å². The Labute approximate surface area is 364 Å². The van der Waals surface area contributed by atoms with Gasteiger partial charge in [-0.3, -0.25) is 38.4 Å². The molecule has 2 aromatic carbocycles. The molecular formula is C42H46O22. The second-order valence-corrected chi connectivity index (χ2v) is 14.3. The van der Waals surface area contributed by atoms with E-state index in [1.807, 2.05) is 0 Å². The largest absolute Gasteiger partial charge is 0.493 e. The van der Waals surface area contributed by atoms with Crippen molar-refractivity contribution < 1.29 is 99.6 Å². The fraction of sp³-hybridized carbons (Fsp3) is 0.476. The van der Waals surface area contributed by atoms with Gasteiger partial charge in [-0.05, 0) is 17.7 Å². The van der Waals surface area contributed by atoms with Crippen LogP contribution in [0.3, 0.4) is 0 Å². The molecule has 2 aliphatic heterocycles. The molecule has 5 rings (SSSR count). The maximum Gasteiger partial charge on any atom is 0.308 e. The molecule has 346 valence electrons. The SMILES string of the molecule is COc1cc2occ(-c3ccc(O[C@H]4O[C@@H](CO[C@@H]5OC[C@@](COC(C)=O)(OC(C)=O)[C@H]5OC(C)=O)[C@H](OC(C)=O)[C@@H](OC(C)=O)[C@@H]4OC(C)=O)cc3)c(=O)c2c(OC(C)=O)c1OC. The number of hydrogen-bond acceptors (Lipinski definition) is 22. The lowest BCUT2D eigenvalue weighted by Gasteiger charge is -2.44. The Hall–Kier alpha value is -6.78. The number of fused-ring (bicyclic) bond motifs is 1. The standard InChI is InChI=1S/C42H46O22/c1-19(43)55-17-42(64-25(7)49)18-56-41(39(42)61-24(6)48)54-16-31-35(57-20(2)44)37(59-22(4)46)38(60-23(5)47)40(63-31)62-27-12-10-26(11-13-27)28-15-53-29-14-30(51-8)34(52-9)36(58-21(3)45)32(29)33(28)50/h10-15,31,35,37-41H,16-18H2,1-9H3/t31-,35-,37+,38-,39-,40-,41+,42+/m0/s1. The summed E-state index contributed by atoms with van der Waals surface area (Å²) < 4.78 is 78.8. The second kappa shape index (κ2) is 20.6. The van der Waals surface area contributed by atoms with Crippen LogP contribution in [0.5, 0.6) is 23.0 Å². The molecule has 64 heavy (non-hydrogen) atoms. The van der Waals surface area contributed by atoms with Gasteiger partial charge < -0.3 is 66.0 Å². The number of carbonyl (C=O) groups is 7. The van der Waals surface area contributed by atoms with Crippen LogP contribution < -0.4 is 24.4 Å². The molecular weight excluding hydrogens is 856 g/mol. The molecule has 0 bridgehead atoms. The highest BCUT2D eigenvalue weighted by atomic mass is 16.8. The molecule has 3 aromatic rings. The van der Waals surface area contributed by atoms with Gasteiger partial charge in [-0.2, -0.15) is 0 Å². The quantitative estimate of drug-likeness (QED) is 0.113. The zero-order valence-electron chi connectivity index (χ0n) is 36.1. The minimum Gasteiger partial charge on any atom is -0.493 e. The number of ether oxygens (including phenoxy) is 13. The van der Waals surface area contributed by atoms with Gasteiger partial charge in [-0.1, -0.05) is 12.1 Å². The monoisotopic (exact) mass is 902 g/mol. The van der Waals surface area contributed by atoms with Crippen molar-refractivity contribution in [1.82, 2.24) is 0 Å². The first-order valence-electron chi connectivity index (χ1n) is 19.3. The minimum atomic E-state index is -1.85. The summed E-state index contributed by atoms with van der Waals surface area (Å²) in [6.45, 7) is 5.94. The van der Waals surface area contributed by atoms with E-state index in [9.17, 15) is 38.4 Å². The first-order valence-corrected chi connectivity index (χ1v) is 19.3. The summed E-state index contributed by atoms with van der Waals surface area (Å²) in [6, 6.07) is 7.21. The van der Waals surface area contributed by atoms with Crippen molar-refractivity contribution in [2.75, 3.05) is 34.0 Å². The zero-order valence-corrected chi connectivity index (χ0v) is 36.1. The molecule has 0 amide bonds. The van der Waals surface area contributed by atoms with Crippen molar-refractivity contribution in [2.24, 2.45) is 0 Å². The molecule has 0 unspecified atom stereocenters. The van der Waals surface area contributed by atoms with E-state index in [0.29, 0.717) is 5.56 Å². The van der Waals surface area contributed by atoms with E-state index in [0.717, 1.165) is 48.5 Å². The van der Waals surface area contributed by atoms with Crippen molar-refractivity contribution in [3.8, 4) is 34.1 Å². The average Bonchev–Trinajstić information content (AvgIpc) is 3.52.